The summed E-state index contributed by atoms with van der Waals surface area (Å²) < 4.78 is -0.230. The van der Waals surface area contributed by atoms with Crippen LogP contribution in [0.2, 0.25) is 0 Å². The van der Waals surface area contributed by atoms with E-state index in [4.69, 9.17) is 12.6 Å². The second kappa shape index (κ2) is 11.5. The van der Waals surface area contributed by atoms with Crippen molar-refractivity contribution < 1.29 is 0 Å². The molecule has 0 spiro atoms. The molecule has 0 radical (unpaired) electrons. The van der Waals surface area contributed by atoms with E-state index in [0.29, 0.717) is 0 Å². The second-order valence-corrected chi connectivity index (χ2v) is 8.79. The molecule has 0 nitrogen and oxygen atoms in total. The Labute approximate surface area is 185 Å². The number of rotatable bonds is 6. The van der Waals surface area contributed by atoms with E-state index in [1.54, 1.807) is 0 Å². The van der Waals surface area contributed by atoms with Gasteiger partial charge in [0.2, 0.25) is 0 Å². The van der Waals surface area contributed by atoms with Crippen molar-refractivity contribution >= 4 is 12.6 Å². The molecule has 1 atom stereocenters. The molecule has 0 saturated heterocycles. The van der Waals surface area contributed by atoms with Gasteiger partial charge < -0.3 is 0 Å². The lowest BCUT2D eigenvalue weighted by molar-refractivity contribution is 0.478. The lowest BCUT2D eigenvalue weighted by Gasteiger charge is -2.36. The van der Waals surface area contributed by atoms with Crippen LogP contribution in [0.5, 0.6) is 0 Å². The molecule has 0 bridgehead atoms. The summed E-state index contributed by atoms with van der Waals surface area (Å²) in [6.45, 7) is 19.4. The number of thiol groups is 1. The average Bonchev–Trinajstić information content (AvgIpc) is 3.14. The second-order valence-electron chi connectivity index (χ2n) is 7.83. The van der Waals surface area contributed by atoms with Crippen LogP contribution in [0, 0.1) is 5.41 Å². The van der Waals surface area contributed by atoms with E-state index in [2.05, 4.69) is 102 Å². The molecule has 0 aromatic rings. The van der Waals surface area contributed by atoms with E-state index in [-0.39, 0.29) is 10.2 Å². The highest BCUT2D eigenvalue weighted by Crippen LogP contribution is 2.52. The van der Waals surface area contributed by atoms with Crippen molar-refractivity contribution in [2.45, 2.75) is 72.5 Å². The van der Waals surface area contributed by atoms with E-state index < -0.39 is 0 Å². The van der Waals surface area contributed by atoms with E-state index in [1.165, 1.54) is 27.9 Å². The molecular formula is C28H40S. The summed E-state index contributed by atoms with van der Waals surface area (Å²) in [4.78, 5) is 0. The smallest absolute Gasteiger partial charge is 0.0466 e. The van der Waals surface area contributed by atoms with Gasteiger partial charge in [0, 0.05) is 10.2 Å². The molecule has 158 valence electrons. The van der Waals surface area contributed by atoms with Crippen LogP contribution in [-0.2, 0) is 0 Å². The van der Waals surface area contributed by atoms with Crippen molar-refractivity contribution in [1.82, 2.24) is 0 Å². The summed E-state index contributed by atoms with van der Waals surface area (Å²) in [5.41, 5.74) is 6.35. The molecule has 1 unspecified atom stereocenters. The molecule has 0 fully saturated rings. The first-order valence-electron chi connectivity index (χ1n) is 10.9. The maximum Gasteiger partial charge on any atom is 0.0466 e. The predicted octanol–water partition coefficient (Wildman–Crippen LogP) is 8.90. The summed E-state index contributed by atoms with van der Waals surface area (Å²) in [6.07, 6.45) is 25.3. The fourth-order valence-electron chi connectivity index (χ4n) is 3.98. The Morgan fingerprint density at radius 1 is 1.17 bits per heavy atom. The summed E-state index contributed by atoms with van der Waals surface area (Å²) >= 11 is 4.74. The molecule has 2 rings (SSSR count). The van der Waals surface area contributed by atoms with Crippen LogP contribution in [-0.4, -0.2) is 4.75 Å². The van der Waals surface area contributed by atoms with Crippen LogP contribution in [0.4, 0.5) is 0 Å². The van der Waals surface area contributed by atoms with Crippen LogP contribution in [0.1, 0.15) is 67.7 Å². The molecular weight excluding hydrogens is 368 g/mol. The van der Waals surface area contributed by atoms with Gasteiger partial charge in [-0.1, -0.05) is 93.7 Å². The Hall–Kier alpha value is -1.73. The molecule has 0 aliphatic heterocycles. The van der Waals surface area contributed by atoms with Crippen molar-refractivity contribution in [3.05, 3.63) is 95.2 Å². The van der Waals surface area contributed by atoms with Gasteiger partial charge in [0.15, 0.2) is 0 Å². The largest absolute Gasteiger partial charge is 0.164 e. The normalized spacial score (nSPS) is 24.0. The standard InChI is InChI=1S/C26H34S.C2H6/c1-7-9-13-24(21(4)12-8-2)26(16-10-11-17-26)22(5)23-15-19-25(6,27)18-14-20(23)3;1-2/h7,9-15,18-19,27H,5,8,16-17H2,1-4,6H3;1-2H3/b9-7?,21-12-,24-13+;. The van der Waals surface area contributed by atoms with E-state index >= 15 is 0 Å². The summed E-state index contributed by atoms with van der Waals surface area (Å²) in [5.74, 6) is 0. The van der Waals surface area contributed by atoms with E-state index in [0.717, 1.165) is 19.3 Å². The summed E-state index contributed by atoms with van der Waals surface area (Å²) in [5, 5.41) is 0. The van der Waals surface area contributed by atoms with Crippen molar-refractivity contribution in [3.63, 3.8) is 0 Å². The zero-order chi connectivity index (χ0) is 22.1. The van der Waals surface area contributed by atoms with Crippen molar-refractivity contribution in [3.8, 4) is 0 Å². The predicted molar refractivity (Wildman–Crippen MR) is 137 cm³/mol. The molecule has 1 heteroatoms. The number of hydrogen-bond donors (Lipinski definition) is 1. The average molecular weight is 409 g/mol. The number of allylic oxidation sites excluding steroid dienone is 13. The molecule has 0 aromatic carbocycles. The maximum absolute atomic E-state index is 4.74. The third-order valence-electron chi connectivity index (χ3n) is 5.59. The molecule has 0 N–H and O–H groups in total. The van der Waals surface area contributed by atoms with Gasteiger partial charge in [0.05, 0.1) is 0 Å². The Morgan fingerprint density at radius 3 is 2.31 bits per heavy atom. The minimum Gasteiger partial charge on any atom is -0.164 e. The zero-order valence-corrected chi connectivity index (χ0v) is 20.4. The monoisotopic (exact) mass is 408 g/mol. The van der Waals surface area contributed by atoms with Crippen molar-refractivity contribution in [2.75, 3.05) is 0 Å². The van der Waals surface area contributed by atoms with Gasteiger partial charge in [-0.05, 0) is 69.2 Å². The third-order valence-corrected chi connectivity index (χ3v) is 5.89. The highest BCUT2D eigenvalue weighted by molar-refractivity contribution is 7.82. The van der Waals surface area contributed by atoms with Crippen LogP contribution in [0.3, 0.4) is 0 Å². The summed E-state index contributed by atoms with van der Waals surface area (Å²) in [6, 6.07) is 0. The van der Waals surface area contributed by atoms with E-state index in [1.807, 2.05) is 13.8 Å². The van der Waals surface area contributed by atoms with Gasteiger partial charge in [-0.15, -0.1) is 0 Å². The minimum absolute atomic E-state index is 0.0820. The first-order valence-corrected chi connectivity index (χ1v) is 11.4. The van der Waals surface area contributed by atoms with Crippen LogP contribution in [0.15, 0.2) is 95.2 Å². The minimum atomic E-state index is -0.230. The first kappa shape index (κ1) is 25.3. The van der Waals surface area contributed by atoms with Gasteiger partial charge >= 0.3 is 0 Å². The summed E-state index contributed by atoms with van der Waals surface area (Å²) in [7, 11) is 0. The van der Waals surface area contributed by atoms with Gasteiger partial charge in [0.1, 0.15) is 0 Å². The van der Waals surface area contributed by atoms with Crippen LogP contribution in [0.25, 0.3) is 0 Å². The Bertz CT molecular complexity index is 780. The fraction of sp³-hybridized carbons (Fsp3) is 0.429. The molecule has 0 amide bonds. The van der Waals surface area contributed by atoms with Crippen LogP contribution >= 0.6 is 12.6 Å². The van der Waals surface area contributed by atoms with Gasteiger partial charge in [-0.3, -0.25) is 0 Å². The molecule has 0 saturated carbocycles. The Kier molecular flexibility index (Phi) is 10.00. The molecule has 0 aromatic heterocycles. The zero-order valence-electron chi connectivity index (χ0n) is 19.5. The Morgan fingerprint density at radius 2 is 1.76 bits per heavy atom. The van der Waals surface area contributed by atoms with E-state index in [9.17, 15) is 0 Å². The lowest BCUT2D eigenvalue weighted by atomic mass is 9.67. The van der Waals surface area contributed by atoms with Crippen molar-refractivity contribution in [2.24, 2.45) is 5.41 Å². The maximum atomic E-state index is 4.74. The topological polar surface area (TPSA) is 0 Å². The molecule has 29 heavy (non-hydrogen) atoms. The SMILES string of the molecule is C=C(C1=C(C)C=CC(C)(S)C=C1)C1(C(=C/C=CC)/C(C)=C\CC)CC=CC1.CC. The molecule has 2 aliphatic rings. The highest BCUT2D eigenvalue weighted by atomic mass is 32.1. The first-order chi connectivity index (χ1) is 13.8. The fourth-order valence-corrected chi connectivity index (χ4v) is 4.13. The highest BCUT2D eigenvalue weighted by Gasteiger charge is 2.39. The lowest BCUT2D eigenvalue weighted by Crippen LogP contribution is -2.24. The Balaban J connectivity index is 0.00000204. The third kappa shape index (κ3) is 6.12. The van der Waals surface area contributed by atoms with Crippen LogP contribution < -0.4 is 0 Å². The molecule has 0 heterocycles. The quantitative estimate of drug-likeness (QED) is 0.253. The number of hydrogen-bond acceptors (Lipinski definition) is 1. The van der Waals surface area contributed by atoms with Gasteiger partial charge in [-0.2, -0.15) is 12.6 Å². The van der Waals surface area contributed by atoms with Crippen molar-refractivity contribution in [1.29, 1.82) is 0 Å². The van der Waals surface area contributed by atoms with Gasteiger partial charge in [0.25, 0.3) is 0 Å². The molecule has 2 aliphatic carbocycles. The van der Waals surface area contributed by atoms with Gasteiger partial charge in [-0.25, -0.2) is 0 Å².